The predicted molar refractivity (Wildman–Crippen MR) is 49.2 cm³/mol. The Bertz CT molecular complexity index is 152. The van der Waals surface area contributed by atoms with E-state index in [1.165, 1.54) is 32.2 Å². The molecule has 70 valence electrons. The zero-order chi connectivity index (χ0) is 8.44. The molecule has 0 amide bonds. The van der Waals surface area contributed by atoms with Crippen LogP contribution in [-0.2, 0) is 4.74 Å². The molecule has 2 nitrogen and oxygen atoms in total. The third kappa shape index (κ3) is 1.64. The molecule has 2 heteroatoms. The molecule has 1 N–H and O–H groups in total. The topological polar surface area (TPSA) is 21.3 Å². The van der Waals surface area contributed by atoms with Crippen molar-refractivity contribution < 1.29 is 4.74 Å². The van der Waals surface area contributed by atoms with Gasteiger partial charge in [-0.15, -0.1) is 0 Å². The first kappa shape index (κ1) is 8.52. The van der Waals surface area contributed by atoms with Crippen molar-refractivity contribution in [2.45, 2.75) is 38.7 Å². The average molecular weight is 169 g/mol. The molecule has 1 aliphatic heterocycles. The molecule has 1 saturated heterocycles. The maximum Gasteiger partial charge on any atom is 0.0671 e. The maximum absolute atomic E-state index is 5.78. The lowest BCUT2D eigenvalue weighted by molar-refractivity contribution is 0.0261. The first-order valence-electron chi connectivity index (χ1n) is 5.13. The van der Waals surface area contributed by atoms with Gasteiger partial charge in [-0.3, -0.25) is 0 Å². The van der Waals surface area contributed by atoms with Gasteiger partial charge < -0.3 is 10.1 Å². The van der Waals surface area contributed by atoms with Crippen LogP contribution in [0.15, 0.2) is 0 Å². The number of hydrogen-bond acceptors (Lipinski definition) is 2. The van der Waals surface area contributed by atoms with Crippen molar-refractivity contribution in [3.8, 4) is 0 Å². The molecule has 1 unspecified atom stereocenters. The first-order valence-corrected chi connectivity index (χ1v) is 5.13. The molecule has 0 aromatic rings. The largest absolute Gasteiger partial charge is 0.377 e. The fourth-order valence-electron chi connectivity index (χ4n) is 2.42. The zero-order valence-corrected chi connectivity index (χ0v) is 7.94. The fourth-order valence-corrected chi connectivity index (χ4v) is 2.42. The van der Waals surface area contributed by atoms with Crippen molar-refractivity contribution in [3.63, 3.8) is 0 Å². The lowest BCUT2D eigenvalue weighted by Crippen LogP contribution is -2.32. The molecular weight excluding hydrogens is 150 g/mol. The molecule has 1 aliphatic carbocycles. The Morgan fingerprint density at radius 2 is 2.08 bits per heavy atom. The second kappa shape index (κ2) is 3.35. The van der Waals surface area contributed by atoms with Gasteiger partial charge in [0.15, 0.2) is 0 Å². The Morgan fingerprint density at radius 1 is 1.33 bits per heavy atom. The van der Waals surface area contributed by atoms with E-state index in [9.17, 15) is 0 Å². The summed E-state index contributed by atoms with van der Waals surface area (Å²) in [6.07, 6.45) is 5.95. The highest BCUT2D eigenvalue weighted by Crippen LogP contribution is 2.38. The number of rotatable bonds is 0. The standard InChI is InChI=1S/C10H19NO/c1-9-6-11-7-10(8-12-9)4-2-3-5-10/h9,11H,2-8H2,1H3. The molecule has 2 aliphatic rings. The summed E-state index contributed by atoms with van der Waals surface area (Å²) in [7, 11) is 0. The Morgan fingerprint density at radius 3 is 2.83 bits per heavy atom. The lowest BCUT2D eigenvalue weighted by Gasteiger charge is -2.26. The third-order valence-corrected chi connectivity index (χ3v) is 3.27. The van der Waals surface area contributed by atoms with Gasteiger partial charge in [-0.1, -0.05) is 12.8 Å². The van der Waals surface area contributed by atoms with E-state index in [1.54, 1.807) is 0 Å². The summed E-state index contributed by atoms with van der Waals surface area (Å²) in [5.41, 5.74) is 0.505. The molecule has 2 fully saturated rings. The van der Waals surface area contributed by atoms with Gasteiger partial charge in [0.2, 0.25) is 0 Å². The van der Waals surface area contributed by atoms with Crippen LogP contribution in [0.25, 0.3) is 0 Å². The highest BCUT2D eigenvalue weighted by Gasteiger charge is 2.35. The van der Waals surface area contributed by atoms with Crippen LogP contribution in [0.1, 0.15) is 32.6 Å². The van der Waals surface area contributed by atoms with Crippen LogP contribution >= 0.6 is 0 Å². The highest BCUT2D eigenvalue weighted by atomic mass is 16.5. The van der Waals surface area contributed by atoms with Crippen LogP contribution in [0.5, 0.6) is 0 Å². The van der Waals surface area contributed by atoms with Crippen LogP contribution in [0.3, 0.4) is 0 Å². The van der Waals surface area contributed by atoms with E-state index in [0.29, 0.717) is 11.5 Å². The van der Waals surface area contributed by atoms with Gasteiger partial charge in [-0.25, -0.2) is 0 Å². The Kier molecular flexibility index (Phi) is 2.37. The van der Waals surface area contributed by atoms with E-state index >= 15 is 0 Å². The van der Waals surface area contributed by atoms with Crippen molar-refractivity contribution in [1.82, 2.24) is 5.32 Å². The monoisotopic (exact) mass is 169 g/mol. The summed E-state index contributed by atoms with van der Waals surface area (Å²) in [6, 6.07) is 0. The molecule has 2 rings (SSSR count). The molecule has 1 saturated carbocycles. The minimum absolute atomic E-state index is 0.407. The van der Waals surface area contributed by atoms with Crippen molar-refractivity contribution in [3.05, 3.63) is 0 Å². The molecule has 1 heterocycles. The van der Waals surface area contributed by atoms with Crippen molar-refractivity contribution >= 4 is 0 Å². The van der Waals surface area contributed by atoms with Gasteiger partial charge in [0, 0.05) is 18.5 Å². The van der Waals surface area contributed by atoms with E-state index in [1.807, 2.05) is 0 Å². The van der Waals surface area contributed by atoms with Gasteiger partial charge >= 0.3 is 0 Å². The SMILES string of the molecule is CC1CNCC2(CCCC2)CO1. The zero-order valence-electron chi connectivity index (χ0n) is 7.94. The summed E-state index contributed by atoms with van der Waals surface area (Å²) >= 11 is 0. The summed E-state index contributed by atoms with van der Waals surface area (Å²) in [6.45, 7) is 5.35. The summed E-state index contributed by atoms with van der Waals surface area (Å²) < 4.78 is 5.78. The smallest absolute Gasteiger partial charge is 0.0671 e. The van der Waals surface area contributed by atoms with Crippen molar-refractivity contribution in [2.75, 3.05) is 19.7 Å². The quantitative estimate of drug-likeness (QED) is 0.594. The maximum atomic E-state index is 5.78. The van der Waals surface area contributed by atoms with Gasteiger partial charge in [-0.05, 0) is 19.8 Å². The molecule has 1 atom stereocenters. The van der Waals surface area contributed by atoms with Crippen molar-refractivity contribution in [1.29, 1.82) is 0 Å². The van der Waals surface area contributed by atoms with Gasteiger partial charge in [0.1, 0.15) is 0 Å². The second-order valence-corrected chi connectivity index (χ2v) is 4.46. The molecular formula is C10H19NO. The highest BCUT2D eigenvalue weighted by molar-refractivity contribution is 4.88. The third-order valence-electron chi connectivity index (χ3n) is 3.27. The van der Waals surface area contributed by atoms with Crippen LogP contribution in [0, 0.1) is 5.41 Å². The minimum atomic E-state index is 0.407. The Hall–Kier alpha value is -0.0800. The average Bonchev–Trinajstić information content (AvgIpc) is 2.42. The van der Waals surface area contributed by atoms with E-state index in [2.05, 4.69) is 12.2 Å². The predicted octanol–water partition coefficient (Wildman–Crippen LogP) is 1.56. The Balaban J connectivity index is 1.97. The van der Waals surface area contributed by atoms with Gasteiger partial charge in [0.25, 0.3) is 0 Å². The number of hydrogen-bond donors (Lipinski definition) is 1. The summed E-state index contributed by atoms with van der Waals surface area (Å²) in [5, 5.41) is 3.50. The van der Waals surface area contributed by atoms with Crippen LogP contribution in [0.4, 0.5) is 0 Å². The normalized spacial score (nSPS) is 35.2. The fraction of sp³-hybridized carbons (Fsp3) is 1.00. The molecule has 0 bridgehead atoms. The summed E-state index contributed by atoms with van der Waals surface area (Å²) in [5.74, 6) is 0. The van der Waals surface area contributed by atoms with Crippen LogP contribution < -0.4 is 5.32 Å². The minimum Gasteiger partial charge on any atom is -0.377 e. The lowest BCUT2D eigenvalue weighted by atomic mass is 9.87. The Labute approximate surface area is 74.7 Å². The molecule has 12 heavy (non-hydrogen) atoms. The molecule has 0 radical (unpaired) electrons. The second-order valence-electron chi connectivity index (χ2n) is 4.46. The van der Waals surface area contributed by atoms with E-state index in [-0.39, 0.29) is 0 Å². The molecule has 0 aromatic carbocycles. The van der Waals surface area contributed by atoms with Crippen LogP contribution in [-0.4, -0.2) is 25.8 Å². The van der Waals surface area contributed by atoms with Gasteiger partial charge in [-0.2, -0.15) is 0 Å². The number of nitrogens with one attached hydrogen (secondary N) is 1. The molecule has 1 spiro atoms. The van der Waals surface area contributed by atoms with E-state index in [4.69, 9.17) is 4.74 Å². The van der Waals surface area contributed by atoms with Crippen molar-refractivity contribution in [2.24, 2.45) is 5.41 Å². The van der Waals surface area contributed by atoms with E-state index in [0.717, 1.165) is 13.2 Å². The van der Waals surface area contributed by atoms with E-state index < -0.39 is 0 Å². The summed E-state index contributed by atoms with van der Waals surface area (Å²) in [4.78, 5) is 0. The number of ether oxygens (including phenoxy) is 1. The first-order chi connectivity index (χ1) is 5.81. The van der Waals surface area contributed by atoms with Crippen LogP contribution in [0.2, 0.25) is 0 Å². The van der Waals surface area contributed by atoms with Gasteiger partial charge in [0.05, 0.1) is 12.7 Å². The molecule has 0 aromatic heterocycles.